The molecule has 9 heteroatoms. The lowest BCUT2D eigenvalue weighted by Gasteiger charge is -2.37. The fraction of sp³-hybridized carbons (Fsp3) is 0.450. The number of benzene rings is 1. The number of anilines is 1. The minimum absolute atomic E-state index is 0.291. The number of aliphatic imine (C=N–C) groups is 1. The van der Waals surface area contributed by atoms with Crippen molar-refractivity contribution in [2.75, 3.05) is 57.0 Å². The SMILES string of the molecule is CCNC(=NCCOc1ccc(S(C)(=O)=O)cc1)N1CCN(c2cccs2)CC1. The highest BCUT2D eigenvalue weighted by Crippen LogP contribution is 2.22. The van der Waals surface area contributed by atoms with Crippen LogP contribution in [0.3, 0.4) is 0 Å². The molecule has 0 radical (unpaired) electrons. The summed E-state index contributed by atoms with van der Waals surface area (Å²) in [4.78, 5) is 9.68. The van der Waals surface area contributed by atoms with Crippen LogP contribution in [0.1, 0.15) is 6.92 Å². The first-order valence-corrected chi connectivity index (χ1v) is 12.5. The van der Waals surface area contributed by atoms with Gasteiger partial charge in [-0.15, -0.1) is 11.3 Å². The Hall–Kier alpha value is -2.26. The molecule has 1 aliphatic rings. The van der Waals surface area contributed by atoms with Crippen LogP contribution < -0.4 is 15.0 Å². The normalized spacial score (nSPS) is 15.4. The molecule has 0 amide bonds. The van der Waals surface area contributed by atoms with Crippen molar-refractivity contribution in [1.82, 2.24) is 10.2 Å². The zero-order chi connectivity index (χ0) is 20.7. The van der Waals surface area contributed by atoms with E-state index in [9.17, 15) is 8.42 Å². The first-order chi connectivity index (χ1) is 14.0. The van der Waals surface area contributed by atoms with Crippen molar-refractivity contribution in [3.63, 3.8) is 0 Å². The van der Waals surface area contributed by atoms with Crippen LogP contribution in [-0.2, 0) is 9.84 Å². The molecule has 0 unspecified atom stereocenters. The predicted molar refractivity (Wildman–Crippen MR) is 119 cm³/mol. The van der Waals surface area contributed by atoms with E-state index in [0.717, 1.165) is 38.7 Å². The second-order valence-corrected chi connectivity index (χ2v) is 9.69. The number of rotatable bonds is 7. The zero-order valence-corrected chi connectivity index (χ0v) is 18.5. The molecule has 2 heterocycles. The van der Waals surface area contributed by atoms with E-state index in [1.165, 1.54) is 11.3 Å². The minimum atomic E-state index is -3.19. The van der Waals surface area contributed by atoms with E-state index in [1.807, 2.05) is 0 Å². The van der Waals surface area contributed by atoms with Gasteiger partial charge in [-0.2, -0.15) is 0 Å². The monoisotopic (exact) mass is 436 g/mol. The van der Waals surface area contributed by atoms with Crippen molar-refractivity contribution >= 4 is 32.1 Å². The third-order valence-corrected chi connectivity index (χ3v) is 6.66. The average molecular weight is 437 g/mol. The molecule has 1 fully saturated rings. The fourth-order valence-electron chi connectivity index (χ4n) is 3.11. The van der Waals surface area contributed by atoms with Crippen LogP contribution in [0.15, 0.2) is 51.7 Å². The standard InChI is InChI=1S/C20H28N4O3S2/c1-3-21-20(24-13-11-23(12-14-24)19-5-4-16-28-19)22-10-15-27-17-6-8-18(9-7-17)29(2,25)26/h4-9,16H,3,10-15H2,1-2H3,(H,21,22). The maximum atomic E-state index is 11.5. The highest BCUT2D eigenvalue weighted by atomic mass is 32.2. The molecule has 158 valence electrons. The van der Waals surface area contributed by atoms with Crippen molar-refractivity contribution in [3.8, 4) is 5.75 Å². The molecule has 0 saturated carbocycles. The molecule has 0 aliphatic carbocycles. The molecule has 0 spiro atoms. The van der Waals surface area contributed by atoms with E-state index in [-0.39, 0.29) is 0 Å². The Labute approximate surface area is 176 Å². The summed E-state index contributed by atoms with van der Waals surface area (Å²) in [7, 11) is -3.19. The van der Waals surface area contributed by atoms with Gasteiger partial charge in [-0.05, 0) is 48.7 Å². The summed E-state index contributed by atoms with van der Waals surface area (Å²) in [5.41, 5.74) is 0. The van der Waals surface area contributed by atoms with Crippen molar-refractivity contribution < 1.29 is 13.2 Å². The van der Waals surface area contributed by atoms with Gasteiger partial charge in [-0.25, -0.2) is 13.4 Å². The van der Waals surface area contributed by atoms with E-state index in [4.69, 9.17) is 9.73 Å². The number of sulfone groups is 1. The Kier molecular flexibility index (Phi) is 7.38. The van der Waals surface area contributed by atoms with Crippen molar-refractivity contribution in [1.29, 1.82) is 0 Å². The molecular weight excluding hydrogens is 408 g/mol. The van der Waals surface area contributed by atoms with Crippen LogP contribution in [-0.4, -0.2) is 71.4 Å². The topological polar surface area (TPSA) is 74.2 Å². The number of piperazine rings is 1. The number of hydrogen-bond acceptors (Lipinski definition) is 6. The fourth-order valence-corrected chi connectivity index (χ4v) is 4.53. The van der Waals surface area contributed by atoms with Crippen molar-refractivity contribution in [3.05, 3.63) is 41.8 Å². The Balaban J connectivity index is 1.49. The molecule has 2 aromatic rings. The number of hydrogen-bond donors (Lipinski definition) is 1. The van der Waals surface area contributed by atoms with Gasteiger partial charge in [-0.3, -0.25) is 0 Å². The van der Waals surface area contributed by atoms with E-state index in [0.29, 0.717) is 23.8 Å². The van der Waals surface area contributed by atoms with Crippen LogP contribution in [0, 0.1) is 0 Å². The molecule has 0 bridgehead atoms. The van der Waals surface area contributed by atoms with E-state index < -0.39 is 9.84 Å². The van der Waals surface area contributed by atoms with Crippen LogP contribution >= 0.6 is 11.3 Å². The van der Waals surface area contributed by atoms with Crippen LogP contribution in [0.25, 0.3) is 0 Å². The van der Waals surface area contributed by atoms with Gasteiger partial charge in [0.15, 0.2) is 15.8 Å². The molecule has 3 rings (SSSR count). The highest BCUT2D eigenvalue weighted by molar-refractivity contribution is 7.90. The van der Waals surface area contributed by atoms with Crippen LogP contribution in [0.5, 0.6) is 5.75 Å². The largest absolute Gasteiger partial charge is 0.492 e. The molecule has 1 N–H and O–H groups in total. The van der Waals surface area contributed by atoms with E-state index in [1.54, 1.807) is 35.6 Å². The van der Waals surface area contributed by atoms with Crippen LogP contribution in [0.2, 0.25) is 0 Å². The number of ether oxygens (including phenoxy) is 1. The predicted octanol–water partition coefficient (Wildman–Crippen LogP) is 2.32. The van der Waals surface area contributed by atoms with E-state index in [2.05, 4.69) is 39.6 Å². The Bertz CT molecular complexity index is 888. The van der Waals surface area contributed by atoms with Gasteiger partial charge in [0.05, 0.1) is 16.4 Å². The summed E-state index contributed by atoms with van der Waals surface area (Å²) in [5.74, 6) is 1.55. The minimum Gasteiger partial charge on any atom is -0.492 e. The molecule has 1 aromatic heterocycles. The van der Waals surface area contributed by atoms with Gasteiger partial charge in [0.1, 0.15) is 12.4 Å². The first kappa shape index (κ1) is 21.4. The molecule has 7 nitrogen and oxygen atoms in total. The molecule has 1 saturated heterocycles. The summed E-state index contributed by atoms with van der Waals surface area (Å²) in [6.07, 6.45) is 1.19. The maximum absolute atomic E-state index is 11.5. The van der Waals surface area contributed by atoms with Crippen molar-refractivity contribution in [2.45, 2.75) is 11.8 Å². The summed E-state index contributed by atoms with van der Waals surface area (Å²) < 4.78 is 28.7. The summed E-state index contributed by atoms with van der Waals surface area (Å²) in [6.45, 7) is 7.66. The number of thiophene rings is 1. The quantitative estimate of drug-likeness (QED) is 0.408. The lowest BCUT2D eigenvalue weighted by atomic mass is 10.3. The summed E-state index contributed by atoms with van der Waals surface area (Å²) in [5, 5.41) is 6.80. The number of guanidine groups is 1. The van der Waals surface area contributed by atoms with Gasteiger partial charge < -0.3 is 19.9 Å². The zero-order valence-electron chi connectivity index (χ0n) is 16.9. The Morgan fingerprint density at radius 3 is 2.48 bits per heavy atom. The smallest absolute Gasteiger partial charge is 0.194 e. The van der Waals surface area contributed by atoms with Crippen LogP contribution in [0.4, 0.5) is 5.00 Å². The maximum Gasteiger partial charge on any atom is 0.194 e. The van der Waals surface area contributed by atoms with E-state index >= 15 is 0 Å². The summed E-state index contributed by atoms with van der Waals surface area (Å²) in [6, 6.07) is 10.7. The molecule has 29 heavy (non-hydrogen) atoms. The molecular formula is C20H28N4O3S2. The molecule has 1 aliphatic heterocycles. The number of nitrogens with one attached hydrogen (secondary N) is 1. The third kappa shape index (κ3) is 6.11. The van der Waals surface area contributed by atoms with Crippen molar-refractivity contribution in [2.24, 2.45) is 4.99 Å². The van der Waals surface area contributed by atoms with Gasteiger partial charge in [0, 0.05) is 39.0 Å². The lowest BCUT2D eigenvalue weighted by Crippen LogP contribution is -2.52. The third-order valence-electron chi connectivity index (χ3n) is 4.61. The summed E-state index contributed by atoms with van der Waals surface area (Å²) >= 11 is 1.78. The molecule has 0 atom stereocenters. The average Bonchev–Trinajstić information content (AvgIpc) is 3.25. The second kappa shape index (κ2) is 9.98. The lowest BCUT2D eigenvalue weighted by molar-refractivity contribution is 0.325. The molecule has 1 aromatic carbocycles. The first-order valence-electron chi connectivity index (χ1n) is 9.72. The Morgan fingerprint density at radius 1 is 1.17 bits per heavy atom. The highest BCUT2D eigenvalue weighted by Gasteiger charge is 2.20. The number of nitrogens with zero attached hydrogens (tertiary/aromatic N) is 3. The second-order valence-electron chi connectivity index (χ2n) is 6.75. The van der Waals surface area contributed by atoms with Gasteiger partial charge in [0.2, 0.25) is 0 Å². The Morgan fingerprint density at radius 2 is 1.90 bits per heavy atom. The van der Waals surface area contributed by atoms with Gasteiger partial charge in [0.25, 0.3) is 0 Å². The van der Waals surface area contributed by atoms with Gasteiger partial charge >= 0.3 is 0 Å². The van der Waals surface area contributed by atoms with Gasteiger partial charge in [-0.1, -0.05) is 0 Å².